The van der Waals surface area contributed by atoms with Crippen LogP contribution in [0.4, 0.5) is 0 Å². The van der Waals surface area contributed by atoms with Gasteiger partial charge in [-0.3, -0.25) is 14.3 Å². The first-order valence-electron chi connectivity index (χ1n) is 9.14. The van der Waals surface area contributed by atoms with Crippen LogP contribution in [0, 0.1) is 6.92 Å². The molecule has 3 N–H and O–H groups in total. The van der Waals surface area contributed by atoms with Gasteiger partial charge in [0.15, 0.2) is 16.3 Å². The Kier molecular flexibility index (Phi) is 6.46. The van der Waals surface area contributed by atoms with Gasteiger partial charge in [0.2, 0.25) is 0 Å². The molecular formula is C19H24N4O5S. The molecule has 0 fully saturated rings. The topological polar surface area (TPSA) is 122 Å². The normalized spacial score (nSPS) is 13.6. The van der Waals surface area contributed by atoms with Crippen molar-refractivity contribution in [1.82, 2.24) is 19.1 Å². The van der Waals surface area contributed by atoms with Gasteiger partial charge in [0.1, 0.15) is 18.5 Å². The standard InChI is InChI=1S/C19H24N4O5S/c1-11-6-4-5-7-14(11)28-9-13(25)8-23-15-16(20-19(23)29-10-12(2)24)22(3)18(27)21-17(15)26/h4-7,12-13,24-25H,8-10H2,1-3H3,(H,21,26,27)/t12-,13-/m1/s1. The maximum absolute atomic E-state index is 12.4. The molecule has 29 heavy (non-hydrogen) atoms. The highest BCUT2D eigenvalue weighted by molar-refractivity contribution is 7.99. The highest BCUT2D eigenvalue weighted by atomic mass is 32.2. The van der Waals surface area contributed by atoms with Gasteiger partial charge in [-0.15, -0.1) is 0 Å². The van der Waals surface area contributed by atoms with Crippen LogP contribution in [0.5, 0.6) is 5.75 Å². The zero-order valence-electron chi connectivity index (χ0n) is 16.5. The molecule has 1 aromatic carbocycles. The molecule has 0 bridgehead atoms. The van der Waals surface area contributed by atoms with E-state index in [2.05, 4.69) is 9.97 Å². The molecule has 3 rings (SSSR count). The molecule has 0 saturated carbocycles. The molecule has 0 aliphatic heterocycles. The molecule has 2 aromatic heterocycles. The largest absolute Gasteiger partial charge is 0.491 e. The summed E-state index contributed by atoms with van der Waals surface area (Å²) in [7, 11) is 1.51. The van der Waals surface area contributed by atoms with Crippen molar-refractivity contribution in [2.75, 3.05) is 12.4 Å². The third kappa shape index (κ3) is 4.72. The first kappa shape index (κ1) is 21.2. The quantitative estimate of drug-likeness (QED) is 0.457. The van der Waals surface area contributed by atoms with Crippen LogP contribution in [-0.4, -0.2) is 53.9 Å². The minimum Gasteiger partial charge on any atom is -0.491 e. The second kappa shape index (κ2) is 8.85. The number of fused-ring (bicyclic) bond motifs is 1. The Bertz CT molecular complexity index is 1120. The fraction of sp³-hybridized carbons (Fsp3) is 0.421. The van der Waals surface area contributed by atoms with Gasteiger partial charge in [0.25, 0.3) is 5.56 Å². The van der Waals surface area contributed by atoms with Crippen LogP contribution in [0.1, 0.15) is 12.5 Å². The third-order valence-electron chi connectivity index (χ3n) is 4.34. The number of imidazole rings is 1. The van der Waals surface area contributed by atoms with E-state index < -0.39 is 23.5 Å². The lowest BCUT2D eigenvalue weighted by Crippen LogP contribution is -2.30. The number of benzene rings is 1. The predicted molar refractivity (Wildman–Crippen MR) is 111 cm³/mol. The Balaban J connectivity index is 1.90. The second-order valence-electron chi connectivity index (χ2n) is 6.89. The minimum atomic E-state index is -0.922. The van der Waals surface area contributed by atoms with Gasteiger partial charge in [-0.1, -0.05) is 30.0 Å². The van der Waals surface area contributed by atoms with Crippen LogP contribution in [0.25, 0.3) is 11.2 Å². The molecule has 0 aliphatic rings. The molecule has 0 amide bonds. The number of hydrogen-bond donors (Lipinski definition) is 3. The first-order chi connectivity index (χ1) is 13.8. The number of rotatable bonds is 8. The lowest BCUT2D eigenvalue weighted by atomic mass is 10.2. The summed E-state index contributed by atoms with van der Waals surface area (Å²) in [5.74, 6) is 1.02. The molecular weight excluding hydrogens is 396 g/mol. The Hall–Kier alpha value is -2.56. The number of aromatic nitrogens is 4. The third-order valence-corrected chi connectivity index (χ3v) is 5.56. The first-order valence-corrected chi connectivity index (χ1v) is 10.1. The van der Waals surface area contributed by atoms with E-state index in [1.807, 2.05) is 31.2 Å². The molecule has 3 aromatic rings. The molecule has 0 saturated heterocycles. The molecule has 2 atom stereocenters. The minimum absolute atomic E-state index is 0.0225. The van der Waals surface area contributed by atoms with Gasteiger partial charge in [-0.05, 0) is 25.5 Å². The van der Waals surface area contributed by atoms with E-state index in [0.717, 1.165) is 5.56 Å². The van der Waals surface area contributed by atoms with Crippen LogP contribution in [-0.2, 0) is 13.6 Å². The van der Waals surface area contributed by atoms with Crippen molar-refractivity contribution in [3.63, 3.8) is 0 Å². The van der Waals surface area contributed by atoms with Gasteiger partial charge in [0, 0.05) is 12.8 Å². The summed E-state index contributed by atoms with van der Waals surface area (Å²) in [6.45, 7) is 3.63. The molecule has 0 spiro atoms. The average Bonchev–Trinajstić information content (AvgIpc) is 3.03. The molecule has 0 aliphatic carbocycles. The van der Waals surface area contributed by atoms with E-state index in [4.69, 9.17) is 4.74 Å². The number of nitrogens with zero attached hydrogens (tertiary/aromatic N) is 3. The van der Waals surface area contributed by atoms with E-state index in [9.17, 15) is 19.8 Å². The lowest BCUT2D eigenvalue weighted by molar-refractivity contribution is 0.0910. The molecule has 2 heterocycles. The SMILES string of the molecule is Cc1ccccc1OC[C@H](O)Cn1c(SC[C@@H](C)O)nc2c1c(=O)[nH]c(=O)n2C. The number of nitrogens with one attached hydrogen (secondary N) is 1. The van der Waals surface area contributed by atoms with Gasteiger partial charge in [-0.25, -0.2) is 9.78 Å². The average molecular weight is 420 g/mol. The smallest absolute Gasteiger partial charge is 0.329 e. The highest BCUT2D eigenvalue weighted by Gasteiger charge is 2.20. The number of hydrogen-bond acceptors (Lipinski definition) is 7. The van der Waals surface area contributed by atoms with Crippen LogP contribution >= 0.6 is 11.8 Å². The van der Waals surface area contributed by atoms with Crippen LogP contribution < -0.4 is 16.0 Å². The number of thioether (sulfide) groups is 1. The number of aliphatic hydroxyl groups excluding tert-OH is 2. The molecule has 10 heteroatoms. The predicted octanol–water partition coefficient (Wildman–Crippen LogP) is 0.645. The zero-order chi connectivity index (χ0) is 21.1. The van der Waals surface area contributed by atoms with Crippen LogP contribution in [0.2, 0.25) is 0 Å². The van der Waals surface area contributed by atoms with E-state index >= 15 is 0 Å². The number of ether oxygens (including phenoxy) is 1. The summed E-state index contributed by atoms with van der Waals surface area (Å²) in [5, 5.41) is 20.6. The van der Waals surface area contributed by atoms with Gasteiger partial charge in [-0.2, -0.15) is 0 Å². The van der Waals surface area contributed by atoms with Crippen LogP contribution in [0.15, 0.2) is 39.0 Å². The van der Waals surface area contributed by atoms with Gasteiger partial charge in [0.05, 0.1) is 12.6 Å². The Labute approximate surface area is 171 Å². The van der Waals surface area contributed by atoms with Gasteiger partial charge >= 0.3 is 5.69 Å². The highest BCUT2D eigenvalue weighted by Crippen LogP contribution is 2.23. The summed E-state index contributed by atoms with van der Waals surface area (Å²) < 4.78 is 8.51. The second-order valence-corrected chi connectivity index (χ2v) is 7.87. The van der Waals surface area contributed by atoms with E-state index in [1.165, 1.54) is 23.4 Å². The van der Waals surface area contributed by atoms with Crippen molar-refractivity contribution in [3.05, 3.63) is 50.7 Å². The summed E-state index contributed by atoms with van der Waals surface area (Å²) in [6.07, 6.45) is -1.50. The number of para-hydroxylation sites is 1. The van der Waals surface area contributed by atoms with Crippen molar-refractivity contribution < 1.29 is 14.9 Å². The van der Waals surface area contributed by atoms with E-state index in [-0.39, 0.29) is 24.3 Å². The maximum atomic E-state index is 12.4. The van der Waals surface area contributed by atoms with Gasteiger partial charge < -0.3 is 19.5 Å². The van der Waals surface area contributed by atoms with Crippen molar-refractivity contribution in [1.29, 1.82) is 0 Å². The zero-order valence-corrected chi connectivity index (χ0v) is 17.3. The fourth-order valence-electron chi connectivity index (χ4n) is 2.86. The summed E-state index contributed by atoms with van der Waals surface area (Å²) in [6, 6.07) is 7.48. The number of aromatic amines is 1. The fourth-order valence-corrected chi connectivity index (χ4v) is 3.72. The van der Waals surface area contributed by atoms with E-state index in [0.29, 0.717) is 16.7 Å². The summed E-state index contributed by atoms with van der Waals surface area (Å²) in [4.78, 5) is 31.0. The molecule has 0 radical (unpaired) electrons. The lowest BCUT2D eigenvalue weighted by Gasteiger charge is -2.16. The maximum Gasteiger partial charge on any atom is 0.329 e. The summed E-state index contributed by atoms with van der Waals surface area (Å²) in [5.41, 5.74) is 0.218. The number of H-pyrrole nitrogens is 1. The number of aryl methyl sites for hydroxylation is 2. The Morgan fingerprint density at radius 2 is 2.00 bits per heavy atom. The monoisotopic (exact) mass is 420 g/mol. The van der Waals surface area contributed by atoms with Crippen molar-refractivity contribution in [2.24, 2.45) is 7.05 Å². The summed E-state index contributed by atoms with van der Waals surface area (Å²) >= 11 is 1.24. The van der Waals surface area contributed by atoms with Crippen LogP contribution in [0.3, 0.4) is 0 Å². The Morgan fingerprint density at radius 3 is 2.69 bits per heavy atom. The molecule has 0 unspecified atom stereocenters. The number of aliphatic hydroxyl groups is 2. The molecule has 9 nitrogen and oxygen atoms in total. The van der Waals surface area contributed by atoms with Crippen molar-refractivity contribution >= 4 is 22.9 Å². The van der Waals surface area contributed by atoms with Crippen molar-refractivity contribution in [3.8, 4) is 5.75 Å². The Morgan fingerprint density at radius 1 is 1.28 bits per heavy atom. The van der Waals surface area contributed by atoms with E-state index in [1.54, 1.807) is 11.5 Å². The molecule has 156 valence electrons. The van der Waals surface area contributed by atoms with Crippen molar-refractivity contribution in [2.45, 2.75) is 37.8 Å².